The SMILES string of the molecule is CCCN(CC1CC1)c1ccc(N=Cc2c(O)[nH]c3cccc(F)c23)cc1C(F)(F)F. The van der Waals surface area contributed by atoms with E-state index in [-0.39, 0.29) is 28.2 Å². The number of alkyl halides is 3. The first-order valence-corrected chi connectivity index (χ1v) is 10.3. The number of nitrogens with one attached hydrogen (secondary N) is 1. The molecule has 2 N–H and O–H groups in total. The largest absolute Gasteiger partial charge is 0.494 e. The number of aliphatic imine (C=N–C) groups is 1. The molecule has 31 heavy (non-hydrogen) atoms. The molecule has 4 nitrogen and oxygen atoms in total. The number of rotatable bonds is 7. The van der Waals surface area contributed by atoms with Crippen LogP contribution in [0.5, 0.6) is 5.88 Å². The number of hydrogen-bond acceptors (Lipinski definition) is 3. The van der Waals surface area contributed by atoms with E-state index in [1.54, 1.807) is 11.0 Å². The van der Waals surface area contributed by atoms with Crippen molar-refractivity contribution in [3.05, 3.63) is 53.3 Å². The lowest BCUT2D eigenvalue weighted by Gasteiger charge is -2.27. The maximum atomic E-state index is 14.2. The monoisotopic (exact) mass is 433 g/mol. The second kappa shape index (κ2) is 8.24. The predicted molar refractivity (Wildman–Crippen MR) is 114 cm³/mol. The van der Waals surface area contributed by atoms with Gasteiger partial charge in [-0.2, -0.15) is 13.2 Å². The van der Waals surface area contributed by atoms with Gasteiger partial charge in [-0.25, -0.2) is 4.39 Å². The van der Waals surface area contributed by atoms with Crippen molar-refractivity contribution in [3.63, 3.8) is 0 Å². The summed E-state index contributed by atoms with van der Waals surface area (Å²) in [6.45, 7) is 3.10. The molecular formula is C23H23F4N3O. The van der Waals surface area contributed by atoms with Crippen molar-refractivity contribution in [2.75, 3.05) is 18.0 Å². The number of fused-ring (bicyclic) bond motifs is 1. The van der Waals surface area contributed by atoms with Gasteiger partial charge in [0.15, 0.2) is 5.88 Å². The zero-order valence-electron chi connectivity index (χ0n) is 17.0. The molecule has 4 rings (SSSR count). The Morgan fingerprint density at radius 1 is 1.23 bits per heavy atom. The fourth-order valence-corrected chi connectivity index (χ4v) is 3.78. The van der Waals surface area contributed by atoms with Crippen LogP contribution in [-0.4, -0.2) is 29.4 Å². The first-order chi connectivity index (χ1) is 14.8. The van der Waals surface area contributed by atoms with Crippen molar-refractivity contribution in [3.8, 4) is 5.88 Å². The number of aromatic hydroxyl groups is 1. The van der Waals surface area contributed by atoms with E-state index in [1.165, 1.54) is 30.5 Å². The van der Waals surface area contributed by atoms with Crippen LogP contribution in [0.15, 0.2) is 41.4 Å². The Kier molecular flexibility index (Phi) is 5.64. The summed E-state index contributed by atoms with van der Waals surface area (Å²) < 4.78 is 55.7. The zero-order valence-corrected chi connectivity index (χ0v) is 17.0. The molecule has 0 saturated heterocycles. The fraction of sp³-hybridized carbons (Fsp3) is 0.348. The highest BCUT2D eigenvalue weighted by Crippen LogP contribution is 2.41. The van der Waals surface area contributed by atoms with Gasteiger partial charge in [0, 0.05) is 30.4 Å². The summed E-state index contributed by atoms with van der Waals surface area (Å²) >= 11 is 0. The molecule has 8 heteroatoms. The van der Waals surface area contributed by atoms with Crippen LogP contribution in [0.2, 0.25) is 0 Å². The second-order valence-corrected chi connectivity index (χ2v) is 7.90. The van der Waals surface area contributed by atoms with Gasteiger partial charge in [-0.05, 0) is 55.5 Å². The molecule has 1 saturated carbocycles. The van der Waals surface area contributed by atoms with E-state index in [9.17, 15) is 22.7 Å². The lowest BCUT2D eigenvalue weighted by Crippen LogP contribution is -2.28. The summed E-state index contributed by atoms with van der Waals surface area (Å²) in [7, 11) is 0. The van der Waals surface area contributed by atoms with Gasteiger partial charge in [0.25, 0.3) is 0 Å². The number of benzene rings is 2. The van der Waals surface area contributed by atoms with Crippen LogP contribution in [0, 0.1) is 11.7 Å². The van der Waals surface area contributed by atoms with Gasteiger partial charge in [0.1, 0.15) is 5.82 Å². The van der Waals surface area contributed by atoms with E-state index in [1.807, 2.05) is 6.92 Å². The first-order valence-electron chi connectivity index (χ1n) is 10.3. The first kappa shape index (κ1) is 21.2. The number of anilines is 1. The Labute approximate surface area is 177 Å². The molecule has 0 aliphatic heterocycles. The van der Waals surface area contributed by atoms with Crippen LogP contribution in [0.4, 0.5) is 28.9 Å². The van der Waals surface area contributed by atoms with E-state index in [4.69, 9.17) is 0 Å². The van der Waals surface area contributed by atoms with Crippen molar-refractivity contribution in [1.29, 1.82) is 0 Å². The standard InChI is InChI=1S/C23H23F4N3O/c1-2-10-30(13-14-6-7-14)20-9-8-15(11-17(20)23(25,26)27)28-12-16-21-18(24)4-3-5-19(21)29-22(16)31/h3-5,8-9,11-12,14,29,31H,2,6-7,10,13H2,1H3. The van der Waals surface area contributed by atoms with Gasteiger partial charge in [-0.15, -0.1) is 0 Å². The van der Waals surface area contributed by atoms with E-state index >= 15 is 0 Å². The number of aromatic amines is 1. The summed E-state index contributed by atoms with van der Waals surface area (Å²) in [5.41, 5.74) is -0.0524. The lowest BCUT2D eigenvalue weighted by molar-refractivity contribution is -0.137. The molecule has 3 aromatic rings. The van der Waals surface area contributed by atoms with Crippen LogP contribution in [0.3, 0.4) is 0 Å². The molecule has 1 aromatic heterocycles. The topological polar surface area (TPSA) is 51.6 Å². The molecular weight excluding hydrogens is 410 g/mol. The molecule has 0 unspecified atom stereocenters. The summed E-state index contributed by atoms with van der Waals surface area (Å²) in [5, 5.41) is 10.2. The van der Waals surface area contributed by atoms with Crippen LogP contribution < -0.4 is 4.90 Å². The normalized spacial score (nSPS) is 14.6. The van der Waals surface area contributed by atoms with Gasteiger partial charge >= 0.3 is 6.18 Å². The lowest BCUT2D eigenvalue weighted by atomic mass is 10.1. The summed E-state index contributed by atoms with van der Waals surface area (Å²) in [5.74, 6) is -0.405. The van der Waals surface area contributed by atoms with Gasteiger partial charge in [-0.3, -0.25) is 4.99 Å². The second-order valence-electron chi connectivity index (χ2n) is 7.90. The molecule has 0 amide bonds. The Hall–Kier alpha value is -3.03. The Morgan fingerprint density at radius 2 is 2.00 bits per heavy atom. The van der Waals surface area contributed by atoms with E-state index in [0.29, 0.717) is 24.5 Å². The van der Waals surface area contributed by atoms with Crippen molar-refractivity contribution >= 4 is 28.5 Å². The zero-order chi connectivity index (χ0) is 22.2. The van der Waals surface area contributed by atoms with Crippen LogP contribution in [0.1, 0.15) is 37.3 Å². The minimum absolute atomic E-state index is 0.0732. The minimum atomic E-state index is -4.54. The number of hydrogen-bond donors (Lipinski definition) is 2. The molecule has 1 fully saturated rings. The minimum Gasteiger partial charge on any atom is -0.494 e. The van der Waals surface area contributed by atoms with Gasteiger partial charge in [-0.1, -0.05) is 13.0 Å². The number of nitrogens with zero attached hydrogens (tertiary/aromatic N) is 2. The van der Waals surface area contributed by atoms with Gasteiger partial charge < -0.3 is 15.0 Å². The quantitative estimate of drug-likeness (QED) is 0.334. The average molecular weight is 433 g/mol. The molecule has 0 atom stereocenters. The van der Waals surface area contributed by atoms with E-state index in [0.717, 1.165) is 25.3 Å². The molecule has 1 aliphatic rings. The summed E-state index contributed by atoms with van der Waals surface area (Å²) in [4.78, 5) is 8.54. The average Bonchev–Trinajstić information content (AvgIpc) is 3.47. The Morgan fingerprint density at radius 3 is 2.68 bits per heavy atom. The number of halogens is 4. The molecule has 0 bridgehead atoms. The molecule has 1 heterocycles. The fourth-order valence-electron chi connectivity index (χ4n) is 3.78. The maximum absolute atomic E-state index is 14.2. The van der Waals surface area contributed by atoms with Crippen molar-refractivity contribution in [1.82, 2.24) is 4.98 Å². The summed E-state index contributed by atoms with van der Waals surface area (Å²) in [6, 6.07) is 8.29. The number of aromatic nitrogens is 1. The number of H-pyrrole nitrogens is 1. The van der Waals surface area contributed by atoms with Crippen LogP contribution in [-0.2, 0) is 6.18 Å². The third-order valence-electron chi connectivity index (χ3n) is 5.43. The van der Waals surface area contributed by atoms with Crippen molar-refractivity contribution < 1.29 is 22.7 Å². The molecule has 164 valence electrons. The molecule has 1 aliphatic carbocycles. The van der Waals surface area contributed by atoms with Crippen LogP contribution in [0.25, 0.3) is 10.9 Å². The van der Waals surface area contributed by atoms with E-state index in [2.05, 4.69) is 9.98 Å². The molecule has 0 spiro atoms. The third-order valence-corrected chi connectivity index (χ3v) is 5.43. The smallest absolute Gasteiger partial charge is 0.418 e. The maximum Gasteiger partial charge on any atom is 0.418 e. The highest BCUT2D eigenvalue weighted by atomic mass is 19.4. The highest BCUT2D eigenvalue weighted by Gasteiger charge is 2.36. The highest BCUT2D eigenvalue weighted by molar-refractivity contribution is 6.02. The van der Waals surface area contributed by atoms with E-state index < -0.39 is 17.6 Å². The summed E-state index contributed by atoms with van der Waals surface area (Å²) in [6.07, 6.45) is -0.510. The Balaban J connectivity index is 1.71. The van der Waals surface area contributed by atoms with Crippen molar-refractivity contribution in [2.24, 2.45) is 10.9 Å². The van der Waals surface area contributed by atoms with Gasteiger partial charge in [0.05, 0.1) is 22.3 Å². The van der Waals surface area contributed by atoms with Crippen molar-refractivity contribution in [2.45, 2.75) is 32.4 Å². The third kappa shape index (κ3) is 4.52. The predicted octanol–water partition coefficient (Wildman–Crippen LogP) is 6.41. The van der Waals surface area contributed by atoms with Gasteiger partial charge in [0.2, 0.25) is 0 Å². The van der Waals surface area contributed by atoms with Crippen LogP contribution >= 0.6 is 0 Å². The molecule has 0 radical (unpaired) electrons. The Bertz CT molecular complexity index is 1120. The molecule has 2 aromatic carbocycles.